The molecule has 1 heterocycles. The molecule has 4 rings (SSSR count). The van der Waals surface area contributed by atoms with Gasteiger partial charge in [-0.1, -0.05) is 62.2 Å². The van der Waals surface area contributed by atoms with Crippen molar-refractivity contribution in [1.82, 2.24) is 9.13 Å². The van der Waals surface area contributed by atoms with Gasteiger partial charge in [-0.25, -0.2) is 9.59 Å². The van der Waals surface area contributed by atoms with Crippen LogP contribution >= 0.6 is 0 Å². The van der Waals surface area contributed by atoms with E-state index in [2.05, 4.69) is 10.6 Å². The number of nitrogens with zero attached hydrogens (tertiary/aromatic N) is 2. The topological polar surface area (TPSA) is 137 Å². The fourth-order valence-corrected chi connectivity index (χ4v) is 4.76. The number of carbonyl (C=O) groups excluding carboxylic acids is 2. The SMILES string of the molecule is CCCn1c(=O)c(NC(=O)C2CCCC2)c(N)n(CCc2ccc(NC(=O)OCc3ccccc3)cc2)c1=O. The van der Waals surface area contributed by atoms with Crippen LogP contribution in [0, 0.1) is 5.92 Å². The lowest BCUT2D eigenvalue weighted by atomic mass is 10.1. The second kappa shape index (κ2) is 12.9. The molecule has 2 aromatic carbocycles. The smallest absolute Gasteiger partial charge is 0.411 e. The van der Waals surface area contributed by atoms with Gasteiger partial charge in [0.05, 0.1) is 0 Å². The number of benzene rings is 2. The number of nitrogens with two attached hydrogens (primary N) is 1. The maximum Gasteiger partial charge on any atom is 0.411 e. The summed E-state index contributed by atoms with van der Waals surface area (Å²) in [5, 5.41) is 5.42. The van der Waals surface area contributed by atoms with Crippen LogP contribution < -0.4 is 27.6 Å². The van der Waals surface area contributed by atoms with E-state index in [4.69, 9.17) is 10.5 Å². The van der Waals surface area contributed by atoms with E-state index in [1.807, 2.05) is 49.4 Å². The van der Waals surface area contributed by atoms with Gasteiger partial charge in [-0.05, 0) is 48.9 Å². The van der Waals surface area contributed by atoms with Gasteiger partial charge in [0.25, 0.3) is 5.56 Å². The Morgan fingerprint density at radius 3 is 2.28 bits per heavy atom. The lowest BCUT2D eigenvalue weighted by Crippen LogP contribution is -2.43. The van der Waals surface area contributed by atoms with E-state index in [-0.39, 0.29) is 43.0 Å². The second-order valence-electron chi connectivity index (χ2n) is 9.76. The van der Waals surface area contributed by atoms with Gasteiger partial charge in [0.2, 0.25) is 5.91 Å². The molecule has 10 heteroatoms. The maximum atomic E-state index is 13.1. The lowest BCUT2D eigenvalue weighted by molar-refractivity contribution is -0.119. The summed E-state index contributed by atoms with van der Waals surface area (Å²) in [6.45, 7) is 2.48. The first kappa shape index (κ1) is 27.7. The number of carbonyl (C=O) groups is 2. The third-order valence-electron chi connectivity index (χ3n) is 6.93. The summed E-state index contributed by atoms with van der Waals surface area (Å²) in [6, 6.07) is 16.6. The summed E-state index contributed by atoms with van der Waals surface area (Å²) in [4.78, 5) is 51.0. The number of anilines is 3. The molecule has 206 valence electrons. The first-order valence-corrected chi connectivity index (χ1v) is 13.4. The molecule has 1 fully saturated rings. The van der Waals surface area contributed by atoms with Crippen LogP contribution in [0.25, 0.3) is 0 Å². The van der Waals surface area contributed by atoms with Crippen molar-refractivity contribution in [2.45, 2.75) is 65.1 Å². The minimum Gasteiger partial charge on any atom is -0.444 e. The molecule has 0 aliphatic heterocycles. The maximum absolute atomic E-state index is 13.1. The highest BCUT2D eigenvalue weighted by atomic mass is 16.5. The lowest BCUT2D eigenvalue weighted by Gasteiger charge is -2.18. The van der Waals surface area contributed by atoms with Gasteiger partial charge < -0.3 is 15.8 Å². The average Bonchev–Trinajstić information content (AvgIpc) is 3.49. The Hall–Kier alpha value is -4.34. The highest BCUT2D eigenvalue weighted by Gasteiger charge is 2.26. The van der Waals surface area contributed by atoms with E-state index >= 15 is 0 Å². The monoisotopic (exact) mass is 533 g/mol. The van der Waals surface area contributed by atoms with Crippen LogP contribution in [0.15, 0.2) is 64.2 Å². The number of ether oxygens (including phenoxy) is 1. The van der Waals surface area contributed by atoms with Crippen molar-refractivity contribution < 1.29 is 14.3 Å². The third kappa shape index (κ3) is 6.95. The summed E-state index contributed by atoms with van der Waals surface area (Å²) in [5.41, 5.74) is 7.54. The fourth-order valence-electron chi connectivity index (χ4n) is 4.76. The molecule has 1 aromatic heterocycles. The quantitative estimate of drug-likeness (QED) is 0.358. The second-order valence-corrected chi connectivity index (χ2v) is 9.76. The average molecular weight is 534 g/mol. The Kier molecular flexibility index (Phi) is 9.19. The first-order valence-electron chi connectivity index (χ1n) is 13.4. The predicted octanol–water partition coefficient (Wildman–Crippen LogP) is 4.12. The number of amides is 2. The molecule has 39 heavy (non-hydrogen) atoms. The van der Waals surface area contributed by atoms with E-state index in [1.54, 1.807) is 12.1 Å². The Morgan fingerprint density at radius 2 is 1.62 bits per heavy atom. The number of aromatic nitrogens is 2. The molecule has 2 amide bonds. The number of hydrogen-bond donors (Lipinski definition) is 3. The van der Waals surface area contributed by atoms with Crippen LogP contribution in [0.2, 0.25) is 0 Å². The van der Waals surface area contributed by atoms with Gasteiger partial charge in [-0.2, -0.15) is 0 Å². The normalized spacial score (nSPS) is 13.3. The van der Waals surface area contributed by atoms with Gasteiger partial charge in [0.1, 0.15) is 18.1 Å². The summed E-state index contributed by atoms with van der Waals surface area (Å²) >= 11 is 0. The molecule has 1 saturated carbocycles. The fraction of sp³-hybridized carbons (Fsp3) is 0.379. The molecule has 1 aliphatic rings. The summed E-state index contributed by atoms with van der Waals surface area (Å²) in [6.07, 6.45) is 4.00. The Bertz CT molecular complexity index is 1410. The summed E-state index contributed by atoms with van der Waals surface area (Å²) < 4.78 is 7.72. The molecule has 0 unspecified atom stereocenters. The van der Waals surface area contributed by atoms with Crippen LogP contribution in [0.5, 0.6) is 0 Å². The van der Waals surface area contributed by atoms with E-state index in [0.717, 1.165) is 41.4 Å². The molecule has 3 aromatic rings. The van der Waals surface area contributed by atoms with Crippen LogP contribution in [0.3, 0.4) is 0 Å². The number of nitrogens with one attached hydrogen (secondary N) is 2. The number of nitrogen functional groups attached to an aromatic ring is 1. The summed E-state index contributed by atoms with van der Waals surface area (Å²) in [7, 11) is 0. The molecule has 4 N–H and O–H groups in total. The highest BCUT2D eigenvalue weighted by Crippen LogP contribution is 2.26. The molecular formula is C29H35N5O5. The van der Waals surface area contributed by atoms with Crippen molar-refractivity contribution in [2.24, 2.45) is 5.92 Å². The Labute approximate surface area is 226 Å². The zero-order chi connectivity index (χ0) is 27.8. The zero-order valence-electron chi connectivity index (χ0n) is 22.2. The Balaban J connectivity index is 1.43. The molecule has 0 atom stereocenters. The van der Waals surface area contributed by atoms with E-state index < -0.39 is 17.3 Å². The Morgan fingerprint density at radius 1 is 0.923 bits per heavy atom. The first-order chi connectivity index (χ1) is 18.9. The zero-order valence-corrected chi connectivity index (χ0v) is 22.2. The van der Waals surface area contributed by atoms with Crippen LogP contribution in [-0.4, -0.2) is 21.1 Å². The van der Waals surface area contributed by atoms with Crippen molar-refractivity contribution in [3.63, 3.8) is 0 Å². The molecule has 0 radical (unpaired) electrons. The minimum absolute atomic E-state index is 0.0338. The standard InChI is InChI=1S/C29H35N5O5/c1-2-17-34-27(36)24(32-26(35)22-10-6-7-11-22)25(30)33(29(34)38)18-16-20-12-14-23(15-13-20)31-28(37)39-19-21-8-4-3-5-9-21/h3-5,8-9,12-15,22H,2,6-7,10-11,16-19,30H2,1H3,(H,31,37)(H,32,35). The molecule has 0 bridgehead atoms. The largest absolute Gasteiger partial charge is 0.444 e. The van der Waals surface area contributed by atoms with E-state index in [0.29, 0.717) is 18.5 Å². The molecule has 1 aliphatic carbocycles. The number of hydrogen-bond acceptors (Lipinski definition) is 6. The van der Waals surface area contributed by atoms with E-state index in [1.165, 1.54) is 4.57 Å². The van der Waals surface area contributed by atoms with Gasteiger partial charge in [-0.15, -0.1) is 0 Å². The van der Waals surface area contributed by atoms with Crippen LogP contribution in [0.4, 0.5) is 22.0 Å². The van der Waals surface area contributed by atoms with Crippen molar-refractivity contribution >= 4 is 29.2 Å². The molecule has 0 spiro atoms. The number of rotatable bonds is 10. The highest BCUT2D eigenvalue weighted by molar-refractivity contribution is 5.94. The predicted molar refractivity (Wildman–Crippen MR) is 151 cm³/mol. The van der Waals surface area contributed by atoms with Crippen molar-refractivity contribution in [1.29, 1.82) is 0 Å². The van der Waals surface area contributed by atoms with E-state index in [9.17, 15) is 19.2 Å². The molecule has 10 nitrogen and oxygen atoms in total. The van der Waals surface area contributed by atoms with Crippen molar-refractivity contribution in [3.8, 4) is 0 Å². The van der Waals surface area contributed by atoms with Crippen LogP contribution in [0.1, 0.15) is 50.2 Å². The molecular weight excluding hydrogens is 498 g/mol. The summed E-state index contributed by atoms with van der Waals surface area (Å²) in [5.74, 6) is -0.412. The third-order valence-corrected chi connectivity index (χ3v) is 6.93. The van der Waals surface area contributed by atoms with Gasteiger partial charge >= 0.3 is 11.8 Å². The van der Waals surface area contributed by atoms with Gasteiger partial charge in [0.15, 0.2) is 0 Å². The van der Waals surface area contributed by atoms with Crippen molar-refractivity contribution in [3.05, 3.63) is 86.6 Å². The molecule has 0 saturated heterocycles. The van der Waals surface area contributed by atoms with Crippen LogP contribution in [-0.2, 0) is 35.6 Å². The minimum atomic E-state index is -0.573. The number of aryl methyl sites for hydroxylation is 1. The van der Waals surface area contributed by atoms with Crippen molar-refractivity contribution in [2.75, 3.05) is 16.4 Å². The van der Waals surface area contributed by atoms with Gasteiger partial charge in [0, 0.05) is 24.7 Å². The van der Waals surface area contributed by atoms with Gasteiger partial charge in [-0.3, -0.25) is 24.0 Å².